The van der Waals surface area contributed by atoms with Crippen molar-refractivity contribution in [2.75, 3.05) is 0 Å². The molecule has 0 heteroatoms. The van der Waals surface area contributed by atoms with Gasteiger partial charge >= 0.3 is 0 Å². The number of rotatable bonds is 4. The molecule has 0 spiro atoms. The molecule has 0 aliphatic rings. The lowest BCUT2D eigenvalue weighted by molar-refractivity contribution is 1.52. The second-order valence-corrected chi connectivity index (χ2v) is 8.75. The summed E-state index contributed by atoms with van der Waals surface area (Å²) in [6.07, 6.45) is 8.50. The minimum atomic E-state index is 0.957. The molecule has 5 aromatic rings. The van der Waals surface area contributed by atoms with Crippen LogP contribution >= 0.6 is 0 Å². The molecule has 5 rings (SSSR count). The van der Waals surface area contributed by atoms with Crippen LogP contribution in [0.4, 0.5) is 0 Å². The van der Waals surface area contributed by atoms with Gasteiger partial charge < -0.3 is 0 Å². The first-order valence-corrected chi connectivity index (χ1v) is 12.6. The van der Waals surface area contributed by atoms with Gasteiger partial charge in [-0.15, -0.1) is 0 Å². The fraction of sp³-hybridized carbons (Fsp3) is 0. The molecule has 178 valence electrons. The lowest BCUT2D eigenvalue weighted by atomic mass is 9.96. The van der Waals surface area contributed by atoms with Crippen LogP contribution < -0.4 is 0 Å². The second-order valence-electron chi connectivity index (χ2n) is 8.75. The largest absolute Gasteiger partial charge is 0.0622 e. The molecule has 0 nitrogen and oxygen atoms in total. The Balaban J connectivity index is 1.63. The zero-order chi connectivity index (χ0) is 25.8. The molecule has 0 aliphatic carbocycles. The Morgan fingerprint density at radius 3 is 1.05 bits per heavy atom. The van der Waals surface area contributed by atoms with E-state index in [1.54, 1.807) is 0 Å². The summed E-state index contributed by atoms with van der Waals surface area (Å²) in [7, 11) is 0. The van der Waals surface area contributed by atoms with Gasteiger partial charge in [0.05, 0.1) is 0 Å². The maximum Gasteiger partial charge on any atom is 0.0328 e. The maximum atomic E-state index is 3.42. The maximum absolute atomic E-state index is 3.42. The number of hydrogen-bond acceptors (Lipinski definition) is 0. The average molecular weight is 483 g/mol. The molecule has 5 aromatic carbocycles. The quantitative estimate of drug-likeness (QED) is 0.177. The molecule has 0 atom stereocenters. The van der Waals surface area contributed by atoms with E-state index in [1.165, 1.54) is 0 Å². The summed E-state index contributed by atoms with van der Waals surface area (Å²) in [5.41, 5.74) is 8.23. The molecule has 0 unspecified atom stereocenters. The van der Waals surface area contributed by atoms with Crippen LogP contribution in [-0.4, -0.2) is 0 Å². The first-order valence-electron chi connectivity index (χ1n) is 12.6. The molecule has 0 heterocycles. The second kappa shape index (κ2) is 12.6. The highest BCUT2D eigenvalue weighted by Crippen LogP contribution is 2.22. The molecule has 0 bridgehead atoms. The summed E-state index contributed by atoms with van der Waals surface area (Å²) >= 11 is 0. The van der Waals surface area contributed by atoms with Crippen molar-refractivity contribution in [3.05, 3.63) is 178 Å². The Morgan fingerprint density at radius 2 is 0.684 bits per heavy atom. The fourth-order valence-corrected chi connectivity index (χ4v) is 3.95. The Kier molecular flexibility index (Phi) is 8.09. The number of hydrogen-bond donors (Lipinski definition) is 0. The van der Waals surface area contributed by atoms with E-state index in [2.05, 4.69) is 84.4 Å². The van der Waals surface area contributed by atoms with Crippen molar-refractivity contribution in [3.63, 3.8) is 0 Å². The predicted octanol–water partition coefficient (Wildman–Crippen LogP) is 8.83. The van der Waals surface area contributed by atoms with E-state index >= 15 is 0 Å². The molecular formula is C38H26. The fourth-order valence-electron chi connectivity index (χ4n) is 3.95. The topological polar surface area (TPSA) is 0 Å². The van der Waals surface area contributed by atoms with Crippen molar-refractivity contribution in [1.82, 2.24) is 0 Å². The van der Waals surface area contributed by atoms with Gasteiger partial charge in [-0.3, -0.25) is 0 Å². The summed E-state index contributed by atoms with van der Waals surface area (Å²) in [6, 6.07) is 45.1. The van der Waals surface area contributed by atoms with Crippen LogP contribution in [0, 0.1) is 23.7 Å². The van der Waals surface area contributed by atoms with Crippen molar-refractivity contribution in [2.24, 2.45) is 0 Å². The zero-order valence-electron chi connectivity index (χ0n) is 21.0. The van der Waals surface area contributed by atoms with E-state index in [4.69, 9.17) is 0 Å². The minimum Gasteiger partial charge on any atom is -0.0622 e. The van der Waals surface area contributed by atoms with Gasteiger partial charge in [0, 0.05) is 22.3 Å². The first-order chi connectivity index (χ1) is 18.8. The standard InChI is InChI=1S/C38H26/c1-5-13-31(14-6-1)21-25-35-29-37(27-23-33-17-9-3-10-18-33)38(28-24-34-19-11-4-12-20-34)30-36(35)26-22-32-15-7-2-8-16-32/h1-21,24-25,28-30H. The Hall–Kier alpha value is -5.30. The lowest BCUT2D eigenvalue weighted by Gasteiger charge is -2.07. The van der Waals surface area contributed by atoms with Crippen LogP contribution in [0.15, 0.2) is 133 Å². The van der Waals surface area contributed by atoms with Gasteiger partial charge in [-0.2, -0.15) is 0 Å². The van der Waals surface area contributed by atoms with Gasteiger partial charge in [-0.25, -0.2) is 0 Å². The Morgan fingerprint density at radius 1 is 0.342 bits per heavy atom. The smallest absolute Gasteiger partial charge is 0.0328 e. The summed E-state index contributed by atoms with van der Waals surface area (Å²) in [5, 5.41) is 0. The van der Waals surface area contributed by atoms with Gasteiger partial charge in [-0.1, -0.05) is 145 Å². The monoisotopic (exact) mass is 482 g/mol. The highest BCUT2D eigenvalue weighted by atomic mass is 14.1. The van der Waals surface area contributed by atoms with Crippen molar-refractivity contribution < 1.29 is 0 Å². The van der Waals surface area contributed by atoms with Crippen LogP contribution in [-0.2, 0) is 0 Å². The molecule has 0 saturated carbocycles. The van der Waals surface area contributed by atoms with Gasteiger partial charge in [0.1, 0.15) is 0 Å². The highest BCUT2D eigenvalue weighted by Gasteiger charge is 2.05. The summed E-state index contributed by atoms with van der Waals surface area (Å²) < 4.78 is 0. The SMILES string of the molecule is C(#Cc1cc(C=Cc2ccccc2)c(C#Cc2ccccc2)cc1C=Cc1ccccc1)c1ccccc1. The summed E-state index contributed by atoms with van der Waals surface area (Å²) in [5.74, 6) is 13.5. The van der Waals surface area contributed by atoms with Crippen molar-refractivity contribution in [1.29, 1.82) is 0 Å². The molecule has 0 amide bonds. The molecule has 0 aliphatic heterocycles. The third kappa shape index (κ3) is 6.89. The summed E-state index contributed by atoms with van der Waals surface area (Å²) in [4.78, 5) is 0. The van der Waals surface area contributed by atoms with Crippen molar-refractivity contribution in [3.8, 4) is 23.7 Å². The molecule has 0 saturated heterocycles. The van der Waals surface area contributed by atoms with Crippen LogP contribution in [0.3, 0.4) is 0 Å². The third-order valence-electron chi connectivity index (χ3n) is 5.96. The van der Waals surface area contributed by atoms with Crippen LogP contribution in [0.25, 0.3) is 24.3 Å². The Bertz CT molecular complexity index is 1540. The van der Waals surface area contributed by atoms with Crippen molar-refractivity contribution in [2.45, 2.75) is 0 Å². The van der Waals surface area contributed by atoms with E-state index in [9.17, 15) is 0 Å². The van der Waals surface area contributed by atoms with E-state index in [0.29, 0.717) is 0 Å². The predicted molar refractivity (Wildman–Crippen MR) is 162 cm³/mol. The van der Waals surface area contributed by atoms with Crippen LogP contribution in [0.1, 0.15) is 44.5 Å². The zero-order valence-corrected chi connectivity index (χ0v) is 21.0. The van der Waals surface area contributed by atoms with E-state index in [1.807, 2.05) is 97.1 Å². The average Bonchev–Trinajstić information content (AvgIpc) is 2.99. The highest BCUT2D eigenvalue weighted by molar-refractivity contribution is 5.79. The Labute approximate surface area is 225 Å². The lowest BCUT2D eigenvalue weighted by Crippen LogP contribution is -1.91. The molecule has 0 radical (unpaired) electrons. The van der Waals surface area contributed by atoms with E-state index in [0.717, 1.165) is 44.5 Å². The molecule has 0 aromatic heterocycles. The molecule has 0 fully saturated rings. The van der Waals surface area contributed by atoms with Crippen LogP contribution in [0.2, 0.25) is 0 Å². The third-order valence-corrected chi connectivity index (χ3v) is 5.96. The molecule has 38 heavy (non-hydrogen) atoms. The first kappa shape index (κ1) is 24.4. The van der Waals surface area contributed by atoms with Crippen molar-refractivity contribution >= 4 is 24.3 Å². The van der Waals surface area contributed by atoms with Crippen LogP contribution in [0.5, 0.6) is 0 Å². The van der Waals surface area contributed by atoms with Gasteiger partial charge in [0.25, 0.3) is 0 Å². The van der Waals surface area contributed by atoms with Gasteiger partial charge in [-0.05, 0) is 58.7 Å². The summed E-state index contributed by atoms with van der Waals surface area (Å²) in [6.45, 7) is 0. The van der Waals surface area contributed by atoms with E-state index < -0.39 is 0 Å². The van der Waals surface area contributed by atoms with Gasteiger partial charge in [0.15, 0.2) is 0 Å². The van der Waals surface area contributed by atoms with Gasteiger partial charge in [0.2, 0.25) is 0 Å². The normalized spacial score (nSPS) is 10.5. The number of benzene rings is 5. The van der Waals surface area contributed by atoms with E-state index in [-0.39, 0.29) is 0 Å². The molecule has 0 N–H and O–H groups in total. The minimum absolute atomic E-state index is 0.957. The molecular weight excluding hydrogens is 456 g/mol.